The maximum Gasteiger partial charge on any atom is 0.162 e. The molecule has 0 amide bonds. The molecule has 0 radical (unpaired) electrons. The van der Waals surface area contributed by atoms with E-state index in [2.05, 4.69) is 17.0 Å². The average Bonchev–Trinajstić information content (AvgIpc) is 3.06. The molecule has 3 heteroatoms. The van der Waals surface area contributed by atoms with Crippen LogP contribution in [0.3, 0.4) is 0 Å². The van der Waals surface area contributed by atoms with Gasteiger partial charge >= 0.3 is 0 Å². The topological polar surface area (TPSA) is 29.5 Å². The third kappa shape index (κ3) is 2.97. The molecule has 0 aromatic heterocycles. The van der Waals surface area contributed by atoms with Crippen molar-refractivity contribution in [2.75, 3.05) is 12.0 Å². The van der Waals surface area contributed by atoms with Crippen molar-refractivity contribution in [2.45, 2.75) is 18.5 Å². The standard InChI is InChI=1S/C23H21NO2/c1-26-20-14-12-19(13-15-20)24-21(17-8-4-2-5-9-17)16-22(25)23(24)18-10-6-3-7-11-18/h2-15,21,23H,16H2,1H3/t21-,23+/m1/s1. The van der Waals surface area contributed by atoms with Crippen LogP contribution in [0.5, 0.6) is 5.75 Å². The molecule has 0 unspecified atom stereocenters. The number of benzene rings is 3. The number of anilines is 1. The Hall–Kier alpha value is -3.07. The molecular weight excluding hydrogens is 322 g/mol. The molecule has 0 bridgehead atoms. The minimum Gasteiger partial charge on any atom is -0.497 e. The third-order valence-electron chi connectivity index (χ3n) is 4.98. The molecule has 1 heterocycles. The van der Waals surface area contributed by atoms with Gasteiger partial charge in [0.05, 0.1) is 13.2 Å². The first kappa shape index (κ1) is 16.4. The zero-order chi connectivity index (χ0) is 17.9. The van der Waals surface area contributed by atoms with Gasteiger partial charge in [0.25, 0.3) is 0 Å². The summed E-state index contributed by atoms with van der Waals surface area (Å²) in [6, 6.07) is 28.0. The van der Waals surface area contributed by atoms with Crippen molar-refractivity contribution in [1.29, 1.82) is 0 Å². The normalized spacial score (nSPS) is 19.6. The summed E-state index contributed by atoms with van der Waals surface area (Å²) in [5, 5.41) is 0. The van der Waals surface area contributed by atoms with Gasteiger partial charge in [-0.05, 0) is 35.4 Å². The van der Waals surface area contributed by atoms with Crippen LogP contribution in [-0.2, 0) is 4.79 Å². The van der Waals surface area contributed by atoms with Crippen molar-refractivity contribution in [3.05, 3.63) is 96.1 Å². The number of Topliss-reactive ketones (excluding diaryl/α,β-unsaturated/α-hetero) is 1. The monoisotopic (exact) mass is 343 g/mol. The average molecular weight is 343 g/mol. The van der Waals surface area contributed by atoms with Crippen LogP contribution in [0.4, 0.5) is 5.69 Å². The Balaban J connectivity index is 1.81. The minimum atomic E-state index is -0.269. The van der Waals surface area contributed by atoms with Crippen molar-refractivity contribution in [2.24, 2.45) is 0 Å². The van der Waals surface area contributed by atoms with Gasteiger partial charge in [-0.2, -0.15) is 0 Å². The molecule has 3 aromatic rings. The lowest BCUT2D eigenvalue weighted by Gasteiger charge is -2.32. The fourth-order valence-corrected chi connectivity index (χ4v) is 3.75. The summed E-state index contributed by atoms with van der Waals surface area (Å²) in [7, 11) is 1.66. The Morgan fingerprint density at radius 1 is 0.808 bits per heavy atom. The first-order valence-corrected chi connectivity index (χ1v) is 8.83. The summed E-state index contributed by atoms with van der Waals surface area (Å²) in [4.78, 5) is 15.2. The zero-order valence-corrected chi connectivity index (χ0v) is 14.7. The molecule has 26 heavy (non-hydrogen) atoms. The van der Waals surface area contributed by atoms with E-state index in [-0.39, 0.29) is 17.9 Å². The number of hydrogen-bond donors (Lipinski definition) is 0. The number of ether oxygens (including phenoxy) is 1. The van der Waals surface area contributed by atoms with Gasteiger partial charge in [0.15, 0.2) is 5.78 Å². The molecule has 3 aromatic carbocycles. The van der Waals surface area contributed by atoms with Crippen LogP contribution in [0.25, 0.3) is 0 Å². The minimum absolute atomic E-state index is 0.0299. The smallest absolute Gasteiger partial charge is 0.162 e. The highest BCUT2D eigenvalue weighted by atomic mass is 16.5. The second kappa shape index (κ2) is 7.04. The largest absolute Gasteiger partial charge is 0.497 e. The van der Waals surface area contributed by atoms with Gasteiger partial charge in [-0.1, -0.05) is 60.7 Å². The van der Waals surface area contributed by atoms with E-state index in [1.807, 2.05) is 72.8 Å². The predicted molar refractivity (Wildman–Crippen MR) is 103 cm³/mol. The number of carbonyl (C=O) groups excluding carboxylic acids is 1. The molecule has 1 fully saturated rings. The Morgan fingerprint density at radius 2 is 1.38 bits per heavy atom. The van der Waals surface area contributed by atoms with E-state index in [9.17, 15) is 4.79 Å². The lowest BCUT2D eigenvalue weighted by atomic mass is 10.0. The van der Waals surface area contributed by atoms with E-state index >= 15 is 0 Å². The van der Waals surface area contributed by atoms with E-state index < -0.39 is 0 Å². The molecule has 1 aliphatic heterocycles. The van der Waals surface area contributed by atoms with Crippen LogP contribution in [0.2, 0.25) is 0 Å². The van der Waals surface area contributed by atoms with Crippen molar-refractivity contribution >= 4 is 11.5 Å². The van der Waals surface area contributed by atoms with Crippen LogP contribution >= 0.6 is 0 Å². The molecule has 0 spiro atoms. The summed E-state index contributed by atoms with van der Waals surface area (Å²) in [5.41, 5.74) is 3.22. The highest BCUT2D eigenvalue weighted by molar-refractivity contribution is 5.93. The summed E-state index contributed by atoms with van der Waals surface area (Å²) in [6.45, 7) is 0. The molecule has 4 rings (SSSR count). The Kier molecular flexibility index (Phi) is 4.44. The molecule has 1 saturated heterocycles. The van der Waals surface area contributed by atoms with Gasteiger partial charge in [0.2, 0.25) is 0 Å². The Bertz CT molecular complexity index is 875. The maximum absolute atomic E-state index is 13.0. The van der Waals surface area contributed by atoms with Crippen molar-refractivity contribution in [3.8, 4) is 5.75 Å². The summed E-state index contributed by atoms with van der Waals surface area (Å²) >= 11 is 0. The molecule has 1 aliphatic rings. The number of rotatable bonds is 4. The van der Waals surface area contributed by atoms with Crippen LogP contribution in [-0.4, -0.2) is 12.9 Å². The highest BCUT2D eigenvalue weighted by Crippen LogP contribution is 2.45. The number of nitrogens with zero attached hydrogens (tertiary/aromatic N) is 1. The second-order valence-corrected chi connectivity index (χ2v) is 6.52. The molecule has 0 N–H and O–H groups in total. The summed E-state index contributed by atoms with van der Waals surface area (Å²) in [5.74, 6) is 1.06. The van der Waals surface area contributed by atoms with Crippen LogP contribution in [0, 0.1) is 0 Å². The lowest BCUT2D eigenvalue weighted by molar-refractivity contribution is -0.118. The van der Waals surface area contributed by atoms with E-state index in [1.54, 1.807) is 7.11 Å². The molecule has 0 aliphatic carbocycles. The Morgan fingerprint density at radius 3 is 1.96 bits per heavy atom. The fraction of sp³-hybridized carbons (Fsp3) is 0.174. The van der Waals surface area contributed by atoms with Crippen LogP contribution in [0.15, 0.2) is 84.9 Å². The van der Waals surface area contributed by atoms with Crippen molar-refractivity contribution in [1.82, 2.24) is 0 Å². The first-order chi connectivity index (χ1) is 12.8. The maximum atomic E-state index is 13.0. The number of ketones is 1. The van der Waals surface area contributed by atoms with Crippen molar-refractivity contribution < 1.29 is 9.53 Å². The van der Waals surface area contributed by atoms with Gasteiger partial charge < -0.3 is 9.64 Å². The van der Waals surface area contributed by atoms with E-state index in [1.165, 1.54) is 0 Å². The Labute approximate surface area is 153 Å². The zero-order valence-electron chi connectivity index (χ0n) is 14.7. The highest BCUT2D eigenvalue weighted by Gasteiger charge is 2.41. The van der Waals surface area contributed by atoms with Gasteiger partial charge in [0, 0.05) is 12.1 Å². The molecule has 0 saturated carbocycles. The van der Waals surface area contributed by atoms with Crippen LogP contribution in [0.1, 0.15) is 29.6 Å². The summed E-state index contributed by atoms with van der Waals surface area (Å²) < 4.78 is 5.29. The van der Waals surface area contributed by atoms with Gasteiger partial charge in [-0.3, -0.25) is 4.79 Å². The number of carbonyl (C=O) groups is 1. The van der Waals surface area contributed by atoms with E-state index in [0.717, 1.165) is 22.6 Å². The first-order valence-electron chi connectivity index (χ1n) is 8.83. The molecule has 130 valence electrons. The van der Waals surface area contributed by atoms with Gasteiger partial charge in [-0.15, -0.1) is 0 Å². The van der Waals surface area contributed by atoms with E-state index in [0.29, 0.717) is 6.42 Å². The van der Waals surface area contributed by atoms with Crippen molar-refractivity contribution in [3.63, 3.8) is 0 Å². The fourth-order valence-electron chi connectivity index (χ4n) is 3.75. The quantitative estimate of drug-likeness (QED) is 0.671. The van der Waals surface area contributed by atoms with Crippen LogP contribution < -0.4 is 9.64 Å². The second-order valence-electron chi connectivity index (χ2n) is 6.52. The van der Waals surface area contributed by atoms with Gasteiger partial charge in [-0.25, -0.2) is 0 Å². The molecular formula is C23H21NO2. The predicted octanol–water partition coefficient (Wildman–Crippen LogP) is 4.96. The number of hydrogen-bond acceptors (Lipinski definition) is 3. The van der Waals surface area contributed by atoms with Gasteiger partial charge in [0.1, 0.15) is 11.8 Å². The van der Waals surface area contributed by atoms with E-state index in [4.69, 9.17) is 4.74 Å². The molecule has 2 atom stereocenters. The lowest BCUT2D eigenvalue weighted by Crippen LogP contribution is -2.27. The number of methoxy groups -OCH3 is 1. The third-order valence-corrected chi connectivity index (χ3v) is 4.98. The SMILES string of the molecule is COc1ccc(N2[C@@H](c3ccccc3)CC(=O)[C@@H]2c2ccccc2)cc1. The summed E-state index contributed by atoms with van der Waals surface area (Å²) in [6.07, 6.45) is 0.510. The molecule has 3 nitrogen and oxygen atoms in total.